The van der Waals surface area contributed by atoms with Crippen LogP contribution in [0.3, 0.4) is 0 Å². The molecule has 0 saturated heterocycles. The SMILES string of the molecule is CC(C)CC[C@@]1(C)C(=O)C(C2=NS(=O)(=O)c3cc(N(C)S(C)(=O)=O)ccc3N2)=C([O-])c2ccccc21.[Na+]. The van der Waals surface area contributed by atoms with Gasteiger partial charge in [-0.15, -0.1) is 4.40 Å². The third-order valence-electron chi connectivity index (χ3n) is 6.75. The van der Waals surface area contributed by atoms with E-state index in [0.717, 1.165) is 17.0 Å². The number of nitrogens with one attached hydrogen (secondary N) is 1. The zero-order valence-corrected chi connectivity index (χ0v) is 25.3. The Morgan fingerprint density at radius 1 is 1.16 bits per heavy atom. The van der Waals surface area contributed by atoms with E-state index >= 15 is 0 Å². The van der Waals surface area contributed by atoms with Gasteiger partial charge >= 0.3 is 29.6 Å². The molecular weight excluding hydrogens is 525 g/mol. The van der Waals surface area contributed by atoms with Gasteiger partial charge in [0.25, 0.3) is 10.0 Å². The van der Waals surface area contributed by atoms with Crippen molar-refractivity contribution in [3.05, 3.63) is 59.2 Å². The van der Waals surface area contributed by atoms with Gasteiger partial charge < -0.3 is 10.4 Å². The Balaban J connectivity index is 0.00000380. The maximum absolute atomic E-state index is 13.9. The summed E-state index contributed by atoms with van der Waals surface area (Å²) < 4.78 is 54.9. The molecule has 0 saturated carbocycles. The number of carbonyl (C=O) groups is 1. The van der Waals surface area contributed by atoms with Gasteiger partial charge in [0.2, 0.25) is 10.0 Å². The largest absolute Gasteiger partial charge is 1.00 e. The summed E-state index contributed by atoms with van der Waals surface area (Å²) in [5.41, 5.74) is -0.130. The van der Waals surface area contributed by atoms with Crippen molar-refractivity contribution in [2.75, 3.05) is 22.9 Å². The Labute approximate surface area is 240 Å². The maximum Gasteiger partial charge on any atom is 1.00 e. The quantitative estimate of drug-likeness (QED) is 0.483. The molecule has 37 heavy (non-hydrogen) atoms. The summed E-state index contributed by atoms with van der Waals surface area (Å²) in [4.78, 5) is 13.6. The predicted octanol–water partition coefficient (Wildman–Crippen LogP) is -0.353. The number of hydrogen-bond acceptors (Lipinski definition) is 7. The molecule has 0 fully saturated rings. The van der Waals surface area contributed by atoms with E-state index in [1.807, 2.05) is 13.8 Å². The van der Waals surface area contributed by atoms with E-state index < -0.39 is 37.0 Å². The molecule has 9 nitrogen and oxygen atoms in total. The molecule has 0 radical (unpaired) electrons. The molecule has 0 unspecified atom stereocenters. The molecule has 1 heterocycles. The van der Waals surface area contributed by atoms with Gasteiger partial charge in [0.05, 0.1) is 28.6 Å². The fourth-order valence-electron chi connectivity index (χ4n) is 4.48. The minimum atomic E-state index is -4.35. The smallest absolute Gasteiger partial charge is 0.871 e. The van der Waals surface area contributed by atoms with Gasteiger partial charge in [-0.1, -0.05) is 43.9 Å². The van der Waals surface area contributed by atoms with Crippen LogP contribution in [-0.2, 0) is 30.3 Å². The average molecular weight is 554 g/mol. The van der Waals surface area contributed by atoms with Crippen molar-refractivity contribution < 1.29 is 56.3 Å². The summed E-state index contributed by atoms with van der Waals surface area (Å²) in [7, 11) is -6.67. The molecule has 2 aliphatic rings. The molecule has 192 valence electrons. The van der Waals surface area contributed by atoms with Crippen LogP contribution < -0.4 is 44.3 Å². The van der Waals surface area contributed by atoms with Gasteiger partial charge in [-0.05, 0) is 55.0 Å². The van der Waals surface area contributed by atoms with Crippen LogP contribution in [0, 0.1) is 5.92 Å². The van der Waals surface area contributed by atoms with E-state index in [-0.39, 0.29) is 57.2 Å². The Morgan fingerprint density at radius 3 is 2.43 bits per heavy atom. The van der Waals surface area contributed by atoms with Crippen LogP contribution in [0.4, 0.5) is 11.4 Å². The van der Waals surface area contributed by atoms with Gasteiger partial charge in [-0.2, -0.15) is 8.42 Å². The number of ketones is 1. The van der Waals surface area contributed by atoms with Crippen LogP contribution in [0.15, 0.2) is 57.3 Å². The molecule has 0 amide bonds. The summed E-state index contributed by atoms with van der Waals surface area (Å²) >= 11 is 0. The minimum Gasteiger partial charge on any atom is -0.871 e. The number of anilines is 2. The van der Waals surface area contributed by atoms with E-state index in [4.69, 9.17) is 0 Å². The fraction of sp³-hybridized carbons (Fsp3) is 0.360. The first-order chi connectivity index (χ1) is 16.7. The molecule has 4 rings (SSSR count). The third-order valence-corrected chi connectivity index (χ3v) is 9.27. The molecule has 0 aromatic heterocycles. The first-order valence-corrected chi connectivity index (χ1v) is 14.7. The summed E-state index contributed by atoms with van der Waals surface area (Å²) in [6.45, 7) is 5.87. The van der Waals surface area contributed by atoms with E-state index in [1.54, 1.807) is 31.2 Å². The van der Waals surface area contributed by atoms with Crippen molar-refractivity contribution in [1.29, 1.82) is 0 Å². The van der Waals surface area contributed by atoms with Crippen LogP contribution >= 0.6 is 0 Å². The summed E-state index contributed by atoms with van der Waals surface area (Å²) in [6.07, 6.45) is 2.21. The van der Waals surface area contributed by atoms with Gasteiger partial charge in [-0.3, -0.25) is 9.10 Å². The number of Topliss-reactive ketones (excluding diaryl/α,β-unsaturated/α-hetero) is 1. The van der Waals surface area contributed by atoms with E-state index in [0.29, 0.717) is 23.5 Å². The number of rotatable bonds is 6. The Kier molecular flexibility index (Phi) is 8.08. The predicted molar refractivity (Wildman–Crippen MR) is 138 cm³/mol. The van der Waals surface area contributed by atoms with Gasteiger partial charge in [0, 0.05) is 7.05 Å². The monoisotopic (exact) mass is 553 g/mol. The number of nitrogens with zero attached hydrogens (tertiary/aromatic N) is 2. The number of benzene rings is 2. The van der Waals surface area contributed by atoms with Crippen LogP contribution in [0.5, 0.6) is 0 Å². The molecule has 0 bridgehead atoms. The van der Waals surface area contributed by atoms with Crippen molar-refractivity contribution in [2.45, 2.75) is 43.9 Å². The maximum atomic E-state index is 13.9. The number of carbonyl (C=O) groups excluding carboxylic acids is 1. The van der Waals surface area contributed by atoms with Gasteiger partial charge in [0.1, 0.15) is 4.90 Å². The minimum absolute atomic E-state index is 0. The standard InChI is InChI=1S/C25H29N3O6S2.Na/c1-15(2)12-13-25(3)18-9-7-6-8-17(18)22(29)21(23(25)30)24-26-19-11-10-16(28(4)35(5,31)32)14-20(19)36(33,34)27-24;/h6-11,14-15,29H,12-13H2,1-5H3,(H,26,27);/q;+1/p-1/t25-;/m1./s1. The molecule has 2 aromatic carbocycles. The summed E-state index contributed by atoms with van der Waals surface area (Å²) in [5.74, 6) is -1.08. The summed E-state index contributed by atoms with van der Waals surface area (Å²) in [6, 6.07) is 10.9. The van der Waals surface area contributed by atoms with Crippen LogP contribution in [0.1, 0.15) is 44.7 Å². The molecule has 0 spiro atoms. The van der Waals surface area contributed by atoms with Crippen molar-refractivity contribution in [2.24, 2.45) is 10.3 Å². The van der Waals surface area contributed by atoms with Gasteiger partial charge in [-0.25, -0.2) is 8.42 Å². The molecule has 1 atom stereocenters. The number of amidine groups is 1. The normalized spacial score (nSPS) is 20.4. The first-order valence-electron chi connectivity index (χ1n) is 11.4. The van der Waals surface area contributed by atoms with E-state index in [2.05, 4.69) is 9.71 Å². The molecule has 12 heteroatoms. The second-order valence-corrected chi connectivity index (χ2v) is 13.4. The summed E-state index contributed by atoms with van der Waals surface area (Å²) in [5, 5.41) is 16.3. The second-order valence-electron chi connectivity index (χ2n) is 9.79. The average Bonchev–Trinajstić information content (AvgIpc) is 2.80. The molecule has 2 aromatic rings. The fourth-order valence-corrected chi connectivity index (χ4v) is 6.12. The van der Waals surface area contributed by atoms with Crippen molar-refractivity contribution in [1.82, 2.24) is 0 Å². The topological polar surface area (TPSA) is 136 Å². The molecular formula is C25H28N3NaO6S2. The van der Waals surface area contributed by atoms with Crippen LogP contribution in [-0.4, -0.2) is 41.8 Å². The second kappa shape index (κ2) is 10.2. The zero-order chi connectivity index (χ0) is 26.6. The molecule has 1 N–H and O–H groups in total. The Hall–Kier alpha value is -2.18. The first kappa shape index (κ1) is 29.4. The van der Waals surface area contributed by atoms with E-state index in [1.165, 1.54) is 25.2 Å². The van der Waals surface area contributed by atoms with E-state index in [9.17, 15) is 26.7 Å². The van der Waals surface area contributed by atoms with Crippen molar-refractivity contribution in [3.8, 4) is 0 Å². The number of fused-ring (bicyclic) bond motifs is 2. The van der Waals surface area contributed by atoms with Gasteiger partial charge in [0.15, 0.2) is 11.6 Å². The number of sulfonamides is 2. The number of hydrogen-bond donors (Lipinski definition) is 1. The molecule has 1 aliphatic carbocycles. The van der Waals surface area contributed by atoms with Crippen molar-refractivity contribution >= 4 is 48.8 Å². The third kappa shape index (κ3) is 5.24. The van der Waals surface area contributed by atoms with Crippen LogP contribution in [0.25, 0.3) is 5.76 Å². The molecule has 1 aliphatic heterocycles. The van der Waals surface area contributed by atoms with Crippen molar-refractivity contribution in [3.63, 3.8) is 0 Å². The zero-order valence-electron chi connectivity index (χ0n) is 21.7. The van der Waals surface area contributed by atoms with Crippen LogP contribution in [0.2, 0.25) is 0 Å². The Bertz CT molecular complexity index is 1550. The Morgan fingerprint density at radius 2 is 1.81 bits per heavy atom.